The molecule has 0 aliphatic rings. The standard InChI is InChI=1S/C15H12O.C9H7N/c16-15(14-9-5-2-6-10-14)12-11-13-7-3-1-4-8-13;1-2-6-9-8(4-1)5-3-7-10-9/h1-12H;1-7H. The number of para-hydroxylation sites is 1. The normalized spacial score (nSPS) is 10.3. The van der Waals surface area contributed by atoms with Crippen LogP contribution in [0.2, 0.25) is 0 Å². The molecule has 1 heterocycles. The van der Waals surface area contributed by atoms with Crippen molar-refractivity contribution >= 4 is 22.8 Å². The van der Waals surface area contributed by atoms with Crippen LogP contribution in [0.1, 0.15) is 15.9 Å². The number of nitrogens with zero attached hydrogens (tertiary/aromatic N) is 1. The Morgan fingerprint density at radius 2 is 1.31 bits per heavy atom. The van der Waals surface area contributed by atoms with Crippen LogP contribution in [0, 0.1) is 0 Å². The van der Waals surface area contributed by atoms with E-state index >= 15 is 0 Å². The number of benzene rings is 3. The molecule has 0 aliphatic heterocycles. The highest BCUT2D eigenvalue weighted by atomic mass is 16.1. The Hall–Kier alpha value is -3.52. The molecule has 1 aromatic heterocycles. The number of rotatable bonds is 3. The van der Waals surface area contributed by atoms with Crippen LogP contribution >= 0.6 is 0 Å². The van der Waals surface area contributed by atoms with Gasteiger partial charge in [-0.3, -0.25) is 9.78 Å². The molecule has 0 N–H and O–H groups in total. The molecule has 2 nitrogen and oxygen atoms in total. The molecule has 0 aliphatic carbocycles. The summed E-state index contributed by atoms with van der Waals surface area (Å²) in [4.78, 5) is 15.9. The molecule has 0 amide bonds. The number of carbonyl (C=O) groups excluding carboxylic acids is 1. The second-order valence-corrected chi connectivity index (χ2v) is 5.67. The van der Waals surface area contributed by atoms with Crippen molar-refractivity contribution < 1.29 is 4.79 Å². The lowest BCUT2D eigenvalue weighted by Crippen LogP contribution is -1.92. The first-order valence-corrected chi connectivity index (χ1v) is 8.45. The van der Waals surface area contributed by atoms with Crippen molar-refractivity contribution in [3.05, 3.63) is 120 Å². The van der Waals surface area contributed by atoms with Gasteiger partial charge in [0.05, 0.1) is 5.52 Å². The molecule has 0 atom stereocenters. The molecule has 126 valence electrons. The maximum atomic E-state index is 11.7. The summed E-state index contributed by atoms with van der Waals surface area (Å²) in [6.45, 7) is 0. The first kappa shape index (κ1) is 17.3. The summed E-state index contributed by atoms with van der Waals surface area (Å²) in [5.41, 5.74) is 2.81. The number of hydrogen-bond acceptors (Lipinski definition) is 2. The maximum Gasteiger partial charge on any atom is 0.185 e. The first-order valence-electron chi connectivity index (χ1n) is 8.45. The molecule has 0 bridgehead atoms. The Kier molecular flexibility index (Phi) is 6.05. The van der Waals surface area contributed by atoms with Gasteiger partial charge in [-0.05, 0) is 23.8 Å². The van der Waals surface area contributed by atoms with E-state index in [1.54, 1.807) is 6.08 Å². The van der Waals surface area contributed by atoms with Crippen LogP contribution in [0.3, 0.4) is 0 Å². The number of aromatic nitrogens is 1. The highest BCUT2D eigenvalue weighted by molar-refractivity contribution is 6.06. The maximum absolute atomic E-state index is 11.7. The van der Waals surface area contributed by atoms with Crippen LogP contribution in [0.5, 0.6) is 0 Å². The zero-order chi connectivity index (χ0) is 18.0. The van der Waals surface area contributed by atoms with E-state index in [1.807, 2.05) is 97.2 Å². The minimum atomic E-state index is 0.0319. The van der Waals surface area contributed by atoms with E-state index in [0.717, 1.165) is 16.6 Å². The fourth-order valence-corrected chi connectivity index (χ4v) is 2.45. The van der Waals surface area contributed by atoms with Crippen molar-refractivity contribution in [2.45, 2.75) is 0 Å². The predicted octanol–water partition coefficient (Wildman–Crippen LogP) is 5.82. The number of pyridine rings is 1. The van der Waals surface area contributed by atoms with Gasteiger partial charge in [-0.1, -0.05) is 91.0 Å². The third-order valence-corrected chi connectivity index (χ3v) is 3.80. The monoisotopic (exact) mass is 337 g/mol. The van der Waals surface area contributed by atoms with Crippen LogP contribution in [0.25, 0.3) is 17.0 Å². The average molecular weight is 337 g/mol. The second-order valence-electron chi connectivity index (χ2n) is 5.67. The minimum absolute atomic E-state index is 0.0319. The first-order chi connectivity index (χ1) is 12.8. The number of carbonyl (C=O) groups is 1. The molecule has 0 radical (unpaired) electrons. The fraction of sp³-hybridized carbons (Fsp3) is 0. The Labute approximate surface area is 153 Å². The minimum Gasteiger partial charge on any atom is -0.289 e. The van der Waals surface area contributed by atoms with Gasteiger partial charge < -0.3 is 0 Å². The van der Waals surface area contributed by atoms with Gasteiger partial charge in [0.1, 0.15) is 0 Å². The van der Waals surface area contributed by atoms with E-state index in [4.69, 9.17) is 0 Å². The molecule has 0 saturated carbocycles. The molecule has 0 saturated heterocycles. The quantitative estimate of drug-likeness (QED) is 0.348. The summed E-state index contributed by atoms with van der Waals surface area (Å²) in [6.07, 6.45) is 5.24. The van der Waals surface area contributed by atoms with Crippen LogP contribution in [-0.4, -0.2) is 10.8 Å². The van der Waals surface area contributed by atoms with Gasteiger partial charge >= 0.3 is 0 Å². The molecule has 3 aromatic carbocycles. The van der Waals surface area contributed by atoms with E-state index in [9.17, 15) is 4.79 Å². The molecule has 2 heteroatoms. The Morgan fingerprint density at radius 3 is 2.04 bits per heavy atom. The Morgan fingerprint density at radius 1 is 0.692 bits per heavy atom. The third kappa shape index (κ3) is 4.99. The van der Waals surface area contributed by atoms with E-state index in [1.165, 1.54) is 5.39 Å². The number of ketones is 1. The summed E-state index contributed by atoms with van der Waals surface area (Å²) >= 11 is 0. The van der Waals surface area contributed by atoms with E-state index in [2.05, 4.69) is 17.1 Å². The van der Waals surface area contributed by atoms with Gasteiger partial charge in [-0.2, -0.15) is 0 Å². The summed E-state index contributed by atoms with van der Waals surface area (Å²) < 4.78 is 0. The highest BCUT2D eigenvalue weighted by Gasteiger charge is 1.98. The largest absolute Gasteiger partial charge is 0.289 e. The van der Waals surface area contributed by atoms with Crippen LogP contribution in [-0.2, 0) is 0 Å². The molecular formula is C24H19NO. The molecule has 0 unspecified atom stereocenters. The Balaban J connectivity index is 0.000000167. The van der Waals surface area contributed by atoms with Crippen molar-refractivity contribution in [1.82, 2.24) is 4.98 Å². The van der Waals surface area contributed by atoms with Gasteiger partial charge in [0.25, 0.3) is 0 Å². The predicted molar refractivity (Wildman–Crippen MR) is 108 cm³/mol. The topological polar surface area (TPSA) is 30.0 Å². The SMILES string of the molecule is O=C(C=Cc1ccccc1)c1ccccc1.c1ccc2ncccc2c1. The van der Waals surface area contributed by atoms with Gasteiger partial charge in [-0.15, -0.1) is 0 Å². The fourth-order valence-electron chi connectivity index (χ4n) is 2.45. The zero-order valence-corrected chi connectivity index (χ0v) is 14.3. The number of fused-ring (bicyclic) bond motifs is 1. The van der Waals surface area contributed by atoms with Crippen molar-refractivity contribution in [2.24, 2.45) is 0 Å². The Bertz CT molecular complexity index is 927. The number of hydrogen-bond donors (Lipinski definition) is 0. The summed E-state index contributed by atoms with van der Waals surface area (Å²) in [6, 6.07) is 31.1. The molecule has 0 spiro atoms. The van der Waals surface area contributed by atoms with Gasteiger partial charge in [0.2, 0.25) is 0 Å². The molecule has 26 heavy (non-hydrogen) atoms. The summed E-state index contributed by atoms with van der Waals surface area (Å²) in [5, 5.41) is 1.20. The molecule has 4 aromatic rings. The zero-order valence-electron chi connectivity index (χ0n) is 14.3. The lowest BCUT2D eigenvalue weighted by atomic mass is 10.1. The van der Waals surface area contributed by atoms with E-state index in [0.29, 0.717) is 0 Å². The number of allylic oxidation sites excluding steroid dienone is 1. The van der Waals surface area contributed by atoms with Crippen LogP contribution in [0.4, 0.5) is 0 Å². The van der Waals surface area contributed by atoms with Gasteiger partial charge in [-0.25, -0.2) is 0 Å². The lowest BCUT2D eigenvalue weighted by molar-refractivity contribution is 0.104. The van der Waals surface area contributed by atoms with Crippen molar-refractivity contribution in [3.8, 4) is 0 Å². The van der Waals surface area contributed by atoms with E-state index in [-0.39, 0.29) is 5.78 Å². The van der Waals surface area contributed by atoms with Crippen LogP contribution in [0.15, 0.2) is 109 Å². The highest BCUT2D eigenvalue weighted by Crippen LogP contribution is 2.08. The van der Waals surface area contributed by atoms with Crippen molar-refractivity contribution in [1.29, 1.82) is 0 Å². The average Bonchev–Trinajstić information content (AvgIpc) is 2.74. The third-order valence-electron chi connectivity index (χ3n) is 3.80. The van der Waals surface area contributed by atoms with Crippen LogP contribution < -0.4 is 0 Å². The lowest BCUT2D eigenvalue weighted by Gasteiger charge is -1.94. The molecule has 0 fully saturated rings. The molecule has 4 rings (SSSR count). The van der Waals surface area contributed by atoms with E-state index < -0.39 is 0 Å². The summed E-state index contributed by atoms with van der Waals surface area (Å²) in [5.74, 6) is 0.0319. The summed E-state index contributed by atoms with van der Waals surface area (Å²) in [7, 11) is 0. The van der Waals surface area contributed by atoms with Crippen molar-refractivity contribution in [3.63, 3.8) is 0 Å². The molecular weight excluding hydrogens is 318 g/mol. The van der Waals surface area contributed by atoms with Gasteiger partial charge in [0, 0.05) is 17.1 Å². The van der Waals surface area contributed by atoms with Gasteiger partial charge in [0.15, 0.2) is 5.78 Å². The smallest absolute Gasteiger partial charge is 0.185 e. The van der Waals surface area contributed by atoms with Crippen molar-refractivity contribution in [2.75, 3.05) is 0 Å². The second kappa shape index (κ2) is 9.09.